The van der Waals surface area contributed by atoms with E-state index in [-0.39, 0.29) is 16.5 Å². The van der Waals surface area contributed by atoms with E-state index >= 15 is 0 Å². The van der Waals surface area contributed by atoms with Crippen LogP contribution < -0.4 is 10.6 Å². The van der Waals surface area contributed by atoms with Gasteiger partial charge < -0.3 is 5.73 Å². The lowest BCUT2D eigenvalue weighted by molar-refractivity contribution is -0.117. The second-order valence-corrected chi connectivity index (χ2v) is 8.25. The van der Waals surface area contributed by atoms with Crippen molar-refractivity contribution in [3.8, 4) is 6.07 Å². The van der Waals surface area contributed by atoms with Crippen LogP contribution in [0.4, 0.5) is 5.69 Å². The van der Waals surface area contributed by atoms with Crippen LogP contribution in [0.15, 0.2) is 53.1 Å². The lowest BCUT2D eigenvalue weighted by Gasteiger charge is -2.18. The molecule has 142 valence electrons. The summed E-state index contributed by atoms with van der Waals surface area (Å²) in [6.07, 6.45) is 0.322. The SMILES string of the molecule is Cc1ccc(N2C(=O)[C@@H](Cc3ccc(Cl)cc3Cl)S/C2=C(\C#N)C(N)=O)cc1. The number of nitrogens with zero attached hydrogens (tertiary/aromatic N) is 2. The van der Waals surface area contributed by atoms with Crippen molar-refractivity contribution >= 4 is 52.5 Å². The van der Waals surface area contributed by atoms with Gasteiger partial charge >= 0.3 is 0 Å². The molecule has 1 aliphatic rings. The van der Waals surface area contributed by atoms with Crippen molar-refractivity contribution < 1.29 is 9.59 Å². The Morgan fingerprint density at radius 3 is 2.50 bits per heavy atom. The summed E-state index contributed by atoms with van der Waals surface area (Å²) in [4.78, 5) is 26.3. The quantitative estimate of drug-likeness (QED) is 0.579. The number of halogens is 2. The second-order valence-electron chi connectivity index (χ2n) is 6.21. The molecule has 0 radical (unpaired) electrons. The number of thioether (sulfide) groups is 1. The normalized spacial score (nSPS) is 18.1. The monoisotopic (exact) mass is 431 g/mol. The summed E-state index contributed by atoms with van der Waals surface area (Å²) in [5.41, 5.74) is 7.46. The molecule has 8 heteroatoms. The molecule has 2 aromatic rings. The van der Waals surface area contributed by atoms with E-state index in [9.17, 15) is 14.9 Å². The summed E-state index contributed by atoms with van der Waals surface area (Å²) >= 11 is 13.3. The first kappa shape index (κ1) is 20.3. The summed E-state index contributed by atoms with van der Waals surface area (Å²) in [5.74, 6) is -1.12. The number of benzene rings is 2. The van der Waals surface area contributed by atoms with Crippen LogP contribution in [0.1, 0.15) is 11.1 Å². The molecular formula is C20H15Cl2N3O2S. The highest BCUT2D eigenvalue weighted by atomic mass is 35.5. The van der Waals surface area contributed by atoms with Crippen LogP contribution in [0.5, 0.6) is 0 Å². The molecule has 0 unspecified atom stereocenters. The average Bonchev–Trinajstić information content (AvgIpc) is 2.95. The Balaban J connectivity index is 2.04. The van der Waals surface area contributed by atoms with Crippen molar-refractivity contribution in [2.45, 2.75) is 18.6 Å². The largest absolute Gasteiger partial charge is 0.365 e. The maximum atomic E-state index is 13.2. The van der Waals surface area contributed by atoms with E-state index in [4.69, 9.17) is 28.9 Å². The highest BCUT2D eigenvalue weighted by Gasteiger charge is 2.40. The predicted molar refractivity (Wildman–Crippen MR) is 112 cm³/mol. The minimum Gasteiger partial charge on any atom is -0.365 e. The fourth-order valence-electron chi connectivity index (χ4n) is 2.82. The van der Waals surface area contributed by atoms with E-state index in [2.05, 4.69) is 0 Å². The van der Waals surface area contributed by atoms with E-state index < -0.39 is 11.2 Å². The Morgan fingerprint density at radius 2 is 1.93 bits per heavy atom. The third-order valence-electron chi connectivity index (χ3n) is 4.24. The maximum absolute atomic E-state index is 13.2. The van der Waals surface area contributed by atoms with E-state index in [1.807, 2.05) is 25.1 Å². The zero-order chi connectivity index (χ0) is 20.4. The van der Waals surface area contributed by atoms with Gasteiger partial charge in [0, 0.05) is 15.7 Å². The lowest BCUT2D eigenvalue weighted by Crippen LogP contribution is -2.31. The minimum atomic E-state index is -0.875. The molecule has 1 aliphatic heterocycles. The fourth-order valence-corrected chi connectivity index (χ4v) is 4.60. The van der Waals surface area contributed by atoms with Gasteiger partial charge in [0.1, 0.15) is 16.7 Å². The van der Waals surface area contributed by atoms with Gasteiger partial charge in [0.25, 0.3) is 5.91 Å². The van der Waals surface area contributed by atoms with Gasteiger partial charge in [-0.05, 0) is 43.2 Å². The molecule has 1 heterocycles. The number of primary amides is 1. The van der Waals surface area contributed by atoms with Crippen LogP contribution in [-0.4, -0.2) is 17.1 Å². The highest BCUT2D eigenvalue weighted by molar-refractivity contribution is 8.05. The summed E-state index contributed by atoms with van der Waals surface area (Å²) in [6, 6.07) is 14.1. The van der Waals surface area contributed by atoms with Gasteiger partial charge in [0.05, 0.1) is 5.25 Å². The molecule has 1 atom stereocenters. The van der Waals surface area contributed by atoms with Crippen LogP contribution in [0.3, 0.4) is 0 Å². The predicted octanol–water partition coefficient (Wildman–Crippen LogP) is 4.21. The smallest absolute Gasteiger partial charge is 0.262 e. The molecule has 0 aromatic heterocycles. The van der Waals surface area contributed by atoms with Crippen molar-refractivity contribution in [3.63, 3.8) is 0 Å². The maximum Gasteiger partial charge on any atom is 0.262 e. The number of rotatable bonds is 4. The molecule has 28 heavy (non-hydrogen) atoms. The molecule has 1 fully saturated rings. The average molecular weight is 432 g/mol. The number of hydrogen-bond donors (Lipinski definition) is 1. The van der Waals surface area contributed by atoms with Crippen LogP contribution in [0.25, 0.3) is 0 Å². The number of hydrogen-bond acceptors (Lipinski definition) is 4. The first-order valence-corrected chi connectivity index (χ1v) is 9.90. The van der Waals surface area contributed by atoms with Crippen LogP contribution >= 0.6 is 35.0 Å². The van der Waals surface area contributed by atoms with Crippen LogP contribution in [0, 0.1) is 18.3 Å². The Morgan fingerprint density at radius 1 is 1.25 bits per heavy atom. The van der Waals surface area contributed by atoms with Gasteiger partial charge in [0.2, 0.25) is 5.91 Å². The molecule has 2 aromatic carbocycles. The minimum absolute atomic E-state index is 0.235. The Labute approximate surface area is 176 Å². The van der Waals surface area contributed by atoms with Crippen LogP contribution in [0.2, 0.25) is 10.0 Å². The van der Waals surface area contributed by atoms with Gasteiger partial charge in [-0.3, -0.25) is 14.5 Å². The highest BCUT2D eigenvalue weighted by Crippen LogP contribution is 2.42. The number of amides is 2. The standard InChI is InChI=1S/C20H15Cl2N3O2S/c1-11-2-6-14(7-3-11)25-19(27)17(28-20(25)15(10-23)18(24)26)8-12-4-5-13(21)9-16(12)22/h2-7,9,17H,8H2,1H3,(H2,24,26)/b20-15+/t17-/m1/s1. The molecule has 3 rings (SSSR count). The lowest BCUT2D eigenvalue weighted by atomic mass is 10.1. The third-order valence-corrected chi connectivity index (χ3v) is 6.09. The van der Waals surface area contributed by atoms with Gasteiger partial charge in [-0.2, -0.15) is 5.26 Å². The van der Waals surface area contributed by atoms with Crippen molar-refractivity contribution in [1.29, 1.82) is 5.26 Å². The molecule has 5 nitrogen and oxygen atoms in total. The molecule has 0 aliphatic carbocycles. The van der Waals surface area contributed by atoms with E-state index in [0.29, 0.717) is 22.2 Å². The van der Waals surface area contributed by atoms with Gasteiger partial charge in [-0.1, -0.05) is 58.7 Å². The molecule has 2 N–H and O–H groups in total. The number of aryl methyl sites for hydroxylation is 1. The summed E-state index contributed by atoms with van der Waals surface area (Å²) in [5, 5.41) is 10.0. The number of nitrogens with two attached hydrogens (primary N) is 1. The molecule has 2 amide bonds. The molecule has 1 saturated heterocycles. The van der Waals surface area contributed by atoms with E-state index in [1.54, 1.807) is 30.3 Å². The van der Waals surface area contributed by atoms with Crippen molar-refractivity contribution in [3.05, 3.63) is 74.2 Å². The Hall–Kier alpha value is -2.46. The first-order valence-electron chi connectivity index (χ1n) is 8.27. The summed E-state index contributed by atoms with van der Waals surface area (Å²) in [6.45, 7) is 1.93. The zero-order valence-electron chi connectivity index (χ0n) is 14.8. The third kappa shape index (κ3) is 4.02. The fraction of sp³-hybridized carbons (Fsp3) is 0.150. The molecule has 0 spiro atoms. The van der Waals surface area contributed by atoms with Crippen LogP contribution in [-0.2, 0) is 16.0 Å². The van der Waals surface area contributed by atoms with Gasteiger partial charge in [0.15, 0.2) is 0 Å². The number of carbonyl (C=O) groups excluding carboxylic acids is 2. The first-order chi connectivity index (χ1) is 13.3. The van der Waals surface area contributed by atoms with Crippen molar-refractivity contribution in [2.75, 3.05) is 4.90 Å². The van der Waals surface area contributed by atoms with Gasteiger partial charge in [-0.15, -0.1) is 0 Å². The van der Waals surface area contributed by atoms with Crippen molar-refractivity contribution in [2.24, 2.45) is 5.73 Å². The second kappa shape index (κ2) is 8.27. The molecule has 0 bridgehead atoms. The zero-order valence-corrected chi connectivity index (χ0v) is 17.1. The number of carbonyl (C=O) groups is 2. The topological polar surface area (TPSA) is 87.2 Å². The Kier molecular flexibility index (Phi) is 5.99. The van der Waals surface area contributed by atoms with E-state index in [0.717, 1.165) is 22.9 Å². The number of anilines is 1. The summed E-state index contributed by atoms with van der Waals surface area (Å²) < 4.78 is 0. The number of nitriles is 1. The van der Waals surface area contributed by atoms with Crippen molar-refractivity contribution in [1.82, 2.24) is 0 Å². The Bertz CT molecular complexity index is 1030. The molecule has 0 saturated carbocycles. The van der Waals surface area contributed by atoms with Gasteiger partial charge in [-0.25, -0.2) is 0 Å². The van der Waals surface area contributed by atoms with E-state index in [1.165, 1.54) is 4.90 Å². The summed E-state index contributed by atoms with van der Waals surface area (Å²) in [7, 11) is 0. The molecular weight excluding hydrogens is 417 g/mol.